The van der Waals surface area contributed by atoms with E-state index in [2.05, 4.69) is 5.92 Å². The molecule has 2 nitrogen and oxygen atoms in total. The molecule has 0 aromatic carbocycles. The number of alkyl halides is 3. The van der Waals surface area contributed by atoms with Crippen LogP contribution in [0.25, 0.3) is 0 Å². The average Bonchev–Trinajstić information content (AvgIpc) is 2.02. The van der Waals surface area contributed by atoms with E-state index in [4.69, 9.17) is 6.42 Å². The van der Waals surface area contributed by atoms with E-state index < -0.39 is 12.1 Å². The molecular weight excluding hydrogens is 183 g/mol. The lowest BCUT2D eigenvalue weighted by molar-refractivity contribution is -0.173. The van der Waals surface area contributed by atoms with Gasteiger partial charge in [-0.1, -0.05) is 0 Å². The van der Waals surface area contributed by atoms with E-state index in [9.17, 15) is 18.0 Å². The Bertz CT molecular complexity index is 204. The number of unbranched alkanes of at least 4 members (excludes halogenated alkanes) is 2. The number of terminal acetylenes is 1. The molecule has 0 fully saturated rings. The van der Waals surface area contributed by atoms with Crippen molar-refractivity contribution in [2.24, 2.45) is 0 Å². The van der Waals surface area contributed by atoms with Crippen molar-refractivity contribution in [2.45, 2.75) is 25.4 Å². The molecule has 0 bridgehead atoms. The van der Waals surface area contributed by atoms with Crippen LogP contribution in [0.15, 0.2) is 0 Å². The second kappa shape index (κ2) is 5.46. The molecule has 0 atom stereocenters. The minimum absolute atomic E-state index is 0.0139. The zero-order valence-corrected chi connectivity index (χ0v) is 6.95. The van der Waals surface area contributed by atoms with Crippen LogP contribution in [0.5, 0.6) is 0 Å². The first-order chi connectivity index (χ1) is 5.98. The third kappa shape index (κ3) is 6.02. The third-order valence-electron chi connectivity index (χ3n) is 1.29. The summed E-state index contributed by atoms with van der Waals surface area (Å²) in [6.07, 6.45) is 1.74. The van der Waals surface area contributed by atoms with E-state index >= 15 is 0 Å². The molecule has 5 heteroatoms. The van der Waals surface area contributed by atoms with Crippen LogP contribution in [0.3, 0.4) is 0 Å². The fraction of sp³-hybridized carbons (Fsp3) is 0.625. The van der Waals surface area contributed by atoms with E-state index in [0.717, 1.165) is 0 Å². The van der Waals surface area contributed by atoms with Gasteiger partial charge in [0.05, 0.1) is 0 Å². The minimum atomic E-state index is -4.79. The molecule has 0 spiro atoms. The van der Waals surface area contributed by atoms with Crippen LogP contribution in [0.2, 0.25) is 0 Å². The van der Waals surface area contributed by atoms with Gasteiger partial charge < -0.3 is 5.32 Å². The van der Waals surface area contributed by atoms with E-state index in [-0.39, 0.29) is 6.54 Å². The number of hydrogen-bond donors (Lipinski definition) is 1. The fourth-order valence-corrected chi connectivity index (χ4v) is 0.654. The Kier molecular flexibility index (Phi) is 4.97. The summed E-state index contributed by atoms with van der Waals surface area (Å²) in [5.74, 6) is 0.456. The van der Waals surface area contributed by atoms with Crippen molar-refractivity contribution < 1.29 is 18.0 Å². The molecule has 0 saturated heterocycles. The van der Waals surface area contributed by atoms with Crippen LogP contribution in [0, 0.1) is 12.3 Å². The fourth-order valence-electron chi connectivity index (χ4n) is 0.654. The van der Waals surface area contributed by atoms with Gasteiger partial charge in [0.2, 0.25) is 0 Å². The number of rotatable bonds is 4. The Labute approximate surface area is 74.5 Å². The zero-order chi connectivity index (χ0) is 10.3. The molecule has 0 aromatic rings. The Hall–Kier alpha value is -1.18. The number of halogens is 3. The Balaban J connectivity index is 3.45. The molecule has 0 rings (SSSR count). The monoisotopic (exact) mass is 193 g/mol. The smallest absolute Gasteiger partial charge is 0.348 e. The van der Waals surface area contributed by atoms with Gasteiger partial charge in [-0.05, 0) is 12.8 Å². The highest BCUT2D eigenvalue weighted by molar-refractivity contribution is 5.81. The molecule has 0 saturated carbocycles. The second-order valence-electron chi connectivity index (χ2n) is 2.41. The van der Waals surface area contributed by atoms with Gasteiger partial charge in [0.25, 0.3) is 0 Å². The van der Waals surface area contributed by atoms with Gasteiger partial charge in [-0.2, -0.15) is 13.2 Å². The first kappa shape index (κ1) is 11.8. The highest BCUT2D eigenvalue weighted by Crippen LogP contribution is 2.13. The normalized spacial score (nSPS) is 10.6. The summed E-state index contributed by atoms with van der Waals surface area (Å²) in [6, 6.07) is 0. The molecule has 0 unspecified atom stereocenters. The number of hydrogen-bond acceptors (Lipinski definition) is 1. The SMILES string of the molecule is C#CCCCCNC(=O)C(F)(F)F. The van der Waals surface area contributed by atoms with Crippen LogP contribution in [0.4, 0.5) is 13.2 Å². The van der Waals surface area contributed by atoms with Gasteiger partial charge >= 0.3 is 12.1 Å². The van der Waals surface area contributed by atoms with Crippen molar-refractivity contribution in [1.82, 2.24) is 5.32 Å². The summed E-state index contributed by atoms with van der Waals surface area (Å²) in [5.41, 5.74) is 0. The van der Waals surface area contributed by atoms with Crippen molar-refractivity contribution >= 4 is 5.91 Å². The van der Waals surface area contributed by atoms with Crippen molar-refractivity contribution in [2.75, 3.05) is 6.54 Å². The molecule has 1 amide bonds. The first-order valence-electron chi connectivity index (χ1n) is 3.77. The maximum atomic E-state index is 11.6. The number of carbonyl (C=O) groups is 1. The molecule has 0 aromatic heterocycles. The minimum Gasteiger partial charge on any atom is -0.348 e. The third-order valence-corrected chi connectivity index (χ3v) is 1.29. The summed E-state index contributed by atoms with van der Waals surface area (Å²) in [6.45, 7) is 0.0139. The topological polar surface area (TPSA) is 29.1 Å². The molecule has 1 N–H and O–H groups in total. The van der Waals surface area contributed by atoms with Crippen LogP contribution in [0.1, 0.15) is 19.3 Å². The van der Waals surface area contributed by atoms with E-state index in [1.54, 1.807) is 5.32 Å². The van der Waals surface area contributed by atoms with E-state index in [1.807, 2.05) is 0 Å². The molecule has 0 heterocycles. The predicted molar refractivity (Wildman–Crippen MR) is 41.7 cm³/mol. The van der Waals surface area contributed by atoms with Gasteiger partial charge in [0.15, 0.2) is 0 Å². The molecule has 0 aliphatic heterocycles. The number of nitrogens with one attached hydrogen (secondary N) is 1. The van der Waals surface area contributed by atoms with Crippen LogP contribution >= 0.6 is 0 Å². The molecule has 0 aliphatic carbocycles. The van der Waals surface area contributed by atoms with Crippen molar-refractivity contribution in [3.63, 3.8) is 0 Å². The highest BCUT2D eigenvalue weighted by Gasteiger charge is 2.37. The van der Waals surface area contributed by atoms with Crippen molar-refractivity contribution in [1.29, 1.82) is 0 Å². The van der Waals surface area contributed by atoms with Crippen LogP contribution in [-0.2, 0) is 4.79 Å². The maximum Gasteiger partial charge on any atom is 0.471 e. The summed E-state index contributed by atoms with van der Waals surface area (Å²) in [4.78, 5) is 10.2. The molecule has 0 aliphatic rings. The Morgan fingerprint density at radius 3 is 2.46 bits per heavy atom. The van der Waals surface area contributed by atoms with Gasteiger partial charge in [-0.25, -0.2) is 0 Å². The average molecular weight is 193 g/mol. The number of carbonyl (C=O) groups excluding carboxylic acids is 1. The second-order valence-corrected chi connectivity index (χ2v) is 2.41. The molecule has 74 valence electrons. The van der Waals surface area contributed by atoms with Gasteiger partial charge in [0, 0.05) is 13.0 Å². The summed E-state index contributed by atoms with van der Waals surface area (Å²) >= 11 is 0. The van der Waals surface area contributed by atoms with Crippen LogP contribution < -0.4 is 5.32 Å². The lowest BCUT2D eigenvalue weighted by Crippen LogP contribution is -2.37. The van der Waals surface area contributed by atoms with Gasteiger partial charge in [-0.3, -0.25) is 4.79 Å². The number of amides is 1. The molecule has 13 heavy (non-hydrogen) atoms. The van der Waals surface area contributed by atoms with Gasteiger partial charge in [0.1, 0.15) is 0 Å². The van der Waals surface area contributed by atoms with Crippen molar-refractivity contribution in [3.8, 4) is 12.3 Å². The zero-order valence-electron chi connectivity index (χ0n) is 6.95. The maximum absolute atomic E-state index is 11.6. The van der Waals surface area contributed by atoms with E-state index in [1.165, 1.54) is 0 Å². The predicted octanol–water partition coefficient (Wildman–Crippen LogP) is 1.47. The summed E-state index contributed by atoms with van der Waals surface area (Å²) in [5, 5.41) is 1.75. The quantitative estimate of drug-likeness (QED) is 0.531. The molecule has 0 radical (unpaired) electrons. The first-order valence-corrected chi connectivity index (χ1v) is 3.77. The lowest BCUT2D eigenvalue weighted by Gasteiger charge is -2.06. The van der Waals surface area contributed by atoms with Crippen LogP contribution in [-0.4, -0.2) is 18.6 Å². The molecular formula is C8H10F3NO. The Morgan fingerprint density at radius 2 is 2.00 bits per heavy atom. The Morgan fingerprint density at radius 1 is 1.38 bits per heavy atom. The highest BCUT2D eigenvalue weighted by atomic mass is 19.4. The van der Waals surface area contributed by atoms with Crippen molar-refractivity contribution in [3.05, 3.63) is 0 Å². The summed E-state index contributed by atoms with van der Waals surface area (Å²) in [7, 11) is 0. The van der Waals surface area contributed by atoms with Gasteiger partial charge in [-0.15, -0.1) is 12.3 Å². The lowest BCUT2D eigenvalue weighted by atomic mass is 10.2. The van der Waals surface area contributed by atoms with E-state index in [0.29, 0.717) is 19.3 Å². The largest absolute Gasteiger partial charge is 0.471 e. The standard InChI is InChI=1S/C8H10F3NO/c1-2-3-4-5-6-12-7(13)8(9,10)11/h1H,3-6H2,(H,12,13). The summed E-state index contributed by atoms with van der Waals surface area (Å²) < 4.78 is 34.7.